The molecule has 1 rings (SSSR count). The monoisotopic (exact) mass is 324 g/mol. The fraction of sp³-hybridized carbons (Fsp3) is 0.727. The highest BCUT2D eigenvalue weighted by Crippen LogP contribution is 2.11. The number of nitrogens with one attached hydrogen (secondary N) is 1. The van der Waals surface area contributed by atoms with Crippen LogP contribution in [0.2, 0.25) is 0 Å². The average Bonchev–Trinajstić information content (AvgIpc) is 2.62. The Labute approximate surface area is 120 Å². The molecule has 1 aliphatic rings. The van der Waals surface area contributed by atoms with Gasteiger partial charge in [0.15, 0.2) is 9.84 Å². The van der Waals surface area contributed by atoms with Crippen LogP contribution in [0.4, 0.5) is 0 Å². The first-order valence-electron chi connectivity index (χ1n) is 6.20. The number of sulfone groups is 1. The molecule has 0 saturated carbocycles. The van der Waals surface area contributed by atoms with E-state index in [2.05, 4.69) is 11.9 Å². The Morgan fingerprint density at radius 3 is 2.60 bits per heavy atom. The highest BCUT2D eigenvalue weighted by molar-refractivity contribution is 7.91. The summed E-state index contributed by atoms with van der Waals surface area (Å²) in [4.78, 5) is 11.7. The van der Waals surface area contributed by atoms with Crippen molar-refractivity contribution in [1.29, 1.82) is 0 Å². The van der Waals surface area contributed by atoms with Crippen molar-refractivity contribution < 1.29 is 21.6 Å². The molecule has 1 saturated heterocycles. The lowest BCUT2D eigenvalue weighted by molar-refractivity contribution is -0.121. The third-order valence-electron chi connectivity index (χ3n) is 2.99. The molecule has 1 N–H and O–H groups in total. The summed E-state index contributed by atoms with van der Waals surface area (Å²) in [5, 5.41) is 2.62. The first-order valence-corrected chi connectivity index (χ1v) is 9.87. The Hall–Kier alpha value is -0.930. The standard InChI is InChI=1S/C11H20N2O5S2/c1-3-6-13(19(2,15)16)7-4-11(14)12-10-5-8-20(17,18)9-10/h3,10H,1,4-9H2,2H3,(H,12,14). The van der Waals surface area contributed by atoms with Crippen molar-refractivity contribution in [3.05, 3.63) is 12.7 Å². The molecule has 1 fully saturated rings. The molecule has 0 bridgehead atoms. The van der Waals surface area contributed by atoms with Crippen molar-refractivity contribution in [1.82, 2.24) is 9.62 Å². The van der Waals surface area contributed by atoms with E-state index in [0.717, 1.165) is 10.6 Å². The van der Waals surface area contributed by atoms with E-state index >= 15 is 0 Å². The van der Waals surface area contributed by atoms with Crippen molar-refractivity contribution in [3.63, 3.8) is 0 Å². The number of sulfonamides is 1. The summed E-state index contributed by atoms with van der Waals surface area (Å²) < 4.78 is 46.5. The molecule has 0 aromatic rings. The fourth-order valence-corrected chi connectivity index (χ4v) is 4.44. The Morgan fingerprint density at radius 1 is 1.50 bits per heavy atom. The quantitative estimate of drug-likeness (QED) is 0.613. The lowest BCUT2D eigenvalue weighted by Crippen LogP contribution is -2.39. The van der Waals surface area contributed by atoms with Crippen LogP contribution in [-0.2, 0) is 24.7 Å². The van der Waals surface area contributed by atoms with Gasteiger partial charge in [0, 0.05) is 25.6 Å². The van der Waals surface area contributed by atoms with Crippen molar-refractivity contribution >= 4 is 25.8 Å². The van der Waals surface area contributed by atoms with Crippen molar-refractivity contribution in [2.75, 3.05) is 30.9 Å². The molecule has 116 valence electrons. The van der Waals surface area contributed by atoms with Crippen molar-refractivity contribution in [2.24, 2.45) is 0 Å². The number of hydrogen-bond donors (Lipinski definition) is 1. The molecule has 1 aliphatic heterocycles. The van der Waals surface area contributed by atoms with E-state index in [1.54, 1.807) is 0 Å². The predicted molar refractivity (Wildman–Crippen MR) is 76.4 cm³/mol. The maximum absolute atomic E-state index is 11.7. The van der Waals surface area contributed by atoms with Crippen LogP contribution in [0.25, 0.3) is 0 Å². The van der Waals surface area contributed by atoms with E-state index in [0.29, 0.717) is 6.42 Å². The number of hydrogen-bond acceptors (Lipinski definition) is 5. The molecule has 1 atom stereocenters. The van der Waals surface area contributed by atoms with Gasteiger partial charge in [-0.1, -0.05) is 6.08 Å². The number of amides is 1. The highest BCUT2D eigenvalue weighted by Gasteiger charge is 2.29. The van der Waals surface area contributed by atoms with E-state index in [1.807, 2.05) is 0 Å². The summed E-state index contributed by atoms with van der Waals surface area (Å²) in [5.41, 5.74) is 0. The predicted octanol–water partition coefficient (Wildman–Crippen LogP) is -0.873. The van der Waals surface area contributed by atoms with E-state index in [1.165, 1.54) is 6.08 Å². The second kappa shape index (κ2) is 6.68. The number of nitrogens with zero attached hydrogens (tertiary/aromatic N) is 1. The summed E-state index contributed by atoms with van der Waals surface area (Å²) >= 11 is 0. The van der Waals surface area contributed by atoms with E-state index in [9.17, 15) is 21.6 Å². The average molecular weight is 324 g/mol. The minimum absolute atomic E-state index is 0.00252. The van der Waals surface area contributed by atoms with Crippen molar-refractivity contribution in [3.8, 4) is 0 Å². The van der Waals surface area contributed by atoms with Crippen LogP contribution in [0.3, 0.4) is 0 Å². The molecule has 0 radical (unpaired) electrons. The van der Waals surface area contributed by atoms with Gasteiger partial charge in [-0.3, -0.25) is 4.79 Å². The minimum Gasteiger partial charge on any atom is -0.352 e. The van der Waals surface area contributed by atoms with Gasteiger partial charge in [0.05, 0.1) is 17.8 Å². The van der Waals surface area contributed by atoms with Crippen LogP contribution in [0.5, 0.6) is 0 Å². The first-order chi connectivity index (χ1) is 9.14. The van der Waals surface area contributed by atoms with Gasteiger partial charge in [-0.15, -0.1) is 6.58 Å². The summed E-state index contributed by atoms with van der Waals surface area (Å²) in [5.74, 6) is -0.296. The second-order valence-electron chi connectivity index (χ2n) is 4.83. The molecule has 20 heavy (non-hydrogen) atoms. The van der Waals surface area contributed by atoms with E-state index in [4.69, 9.17) is 0 Å². The zero-order chi connectivity index (χ0) is 15.4. The maximum atomic E-state index is 11.7. The first kappa shape index (κ1) is 17.1. The molecule has 7 nitrogen and oxygen atoms in total. The molecule has 1 unspecified atom stereocenters. The van der Waals surface area contributed by atoms with E-state index < -0.39 is 19.9 Å². The smallest absolute Gasteiger partial charge is 0.221 e. The Morgan fingerprint density at radius 2 is 2.15 bits per heavy atom. The zero-order valence-electron chi connectivity index (χ0n) is 11.4. The van der Waals surface area contributed by atoms with Gasteiger partial charge in [0.2, 0.25) is 15.9 Å². The van der Waals surface area contributed by atoms with E-state index in [-0.39, 0.29) is 43.0 Å². The SMILES string of the molecule is C=CCN(CCC(=O)NC1CCS(=O)(=O)C1)S(C)(=O)=O. The van der Waals surface area contributed by atoms with Crippen molar-refractivity contribution in [2.45, 2.75) is 18.9 Å². The molecule has 1 heterocycles. The molecule has 9 heteroatoms. The van der Waals surface area contributed by atoms with Crippen LogP contribution in [0.15, 0.2) is 12.7 Å². The van der Waals surface area contributed by atoms with Crippen LogP contribution in [0.1, 0.15) is 12.8 Å². The molecule has 0 spiro atoms. The number of carbonyl (C=O) groups is 1. The maximum Gasteiger partial charge on any atom is 0.221 e. The third-order valence-corrected chi connectivity index (χ3v) is 6.03. The summed E-state index contributed by atoms with van der Waals surface area (Å²) in [6.45, 7) is 3.66. The lowest BCUT2D eigenvalue weighted by atomic mass is 10.2. The minimum atomic E-state index is -3.38. The Kier molecular flexibility index (Phi) is 5.72. The van der Waals surface area contributed by atoms with Gasteiger partial charge in [-0.05, 0) is 6.42 Å². The topological polar surface area (TPSA) is 101 Å². The van der Waals surface area contributed by atoms with Crippen LogP contribution in [0, 0.1) is 0 Å². The molecule has 0 aromatic carbocycles. The molecule has 0 aliphatic carbocycles. The second-order valence-corrected chi connectivity index (χ2v) is 9.04. The normalized spacial score (nSPS) is 21.8. The fourth-order valence-electron chi connectivity index (χ4n) is 1.97. The van der Waals surface area contributed by atoms with Gasteiger partial charge < -0.3 is 5.32 Å². The van der Waals surface area contributed by atoms with Crippen LogP contribution >= 0.6 is 0 Å². The molecule has 1 amide bonds. The van der Waals surface area contributed by atoms with Gasteiger partial charge in [0.1, 0.15) is 0 Å². The van der Waals surface area contributed by atoms with Gasteiger partial charge in [0.25, 0.3) is 0 Å². The van der Waals surface area contributed by atoms with Gasteiger partial charge in [-0.25, -0.2) is 16.8 Å². The Balaban J connectivity index is 2.45. The highest BCUT2D eigenvalue weighted by atomic mass is 32.2. The van der Waals surface area contributed by atoms with Gasteiger partial charge >= 0.3 is 0 Å². The van der Waals surface area contributed by atoms with Gasteiger partial charge in [-0.2, -0.15) is 4.31 Å². The Bertz CT molecular complexity index is 568. The number of rotatable bonds is 7. The largest absolute Gasteiger partial charge is 0.352 e. The summed E-state index contributed by atoms with van der Waals surface area (Å²) in [7, 11) is -6.42. The number of carbonyl (C=O) groups excluding carboxylic acids is 1. The molecular weight excluding hydrogens is 304 g/mol. The molecule has 0 aromatic heterocycles. The zero-order valence-corrected chi connectivity index (χ0v) is 13.0. The van der Waals surface area contributed by atoms with Crippen LogP contribution < -0.4 is 5.32 Å². The van der Waals surface area contributed by atoms with Crippen LogP contribution in [-0.4, -0.2) is 63.9 Å². The third kappa shape index (κ3) is 5.59. The summed E-state index contributed by atoms with van der Waals surface area (Å²) in [6, 6.07) is -0.362. The summed E-state index contributed by atoms with van der Waals surface area (Å²) in [6.07, 6.45) is 2.93. The molecular formula is C11H20N2O5S2. The lowest BCUT2D eigenvalue weighted by Gasteiger charge is -2.18.